The maximum atomic E-state index is 12.0. The lowest BCUT2D eigenvalue weighted by molar-refractivity contribution is -0.116. The van der Waals surface area contributed by atoms with Gasteiger partial charge in [0.25, 0.3) is 0 Å². The summed E-state index contributed by atoms with van der Waals surface area (Å²) in [4.78, 5) is 12.0. The highest BCUT2D eigenvalue weighted by molar-refractivity contribution is 5.92. The van der Waals surface area contributed by atoms with Crippen molar-refractivity contribution in [1.29, 1.82) is 0 Å². The van der Waals surface area contributed by atoms with Gasteiger partial charge in [-0.1, -0.05) is 18.2 Å². The number of benzene rings is 1. The quantitative estimate of drug-likeness (QED) is 0.753. The van der Waals surface area contributed by atoms with E-state index in [-0.39, 0.29) is 5.91 Å². The van der Waals surface area contributed by atoms with E-state index in [0.29, 0.717) is 12.2 Å². The van der Waals surface area contributed by atoms with Gasteiger partial charge in [0.15, 0.2) is 0 Å². The molecule has 0 aliphatic heterocycles. The zero-order valence-electron chi connectivity index (χ0n) is 10.6. The van der Waals surface area contributed by atoms with Crippen molar-refractivity contribution in [1.82, 2.24) is 14.8 Å². The number of carbonyl (C=O) groups is 1. The van der Waals surface area contributed by atoms with E-state index in [4.69, 9.17) is 0 Å². The monoisotopic (exact) mass is 254 g/mol. The van der Waals surface area contributed by atoms with Crippen molar-refractivity contribution >= 4 is 22.5 Å². The van der Waals surface area contributed by atoms with Crippen LogP contribution >= 0.6 is 0 Å². The Bertz CT molecular complexity index is 712. The van der Waals surface area contributed by atoms with Gasteiger partial charge >= 0.3 is 0 Å². The SMILES string of the molecule is Cc1cc2ccccc2n1CC(=O)Nc1cn[nH]c1. The number of nitrogens with one attached hydrogen (secondary N) is 2. The highest BCUT2D eigenvalue weighted by Gasteiger charge is 2.09. The summed E-state index contributed by atoms with van der Waals surface area (Å²) in [6, 6.07) is 10.1. The minimum absolute atomic E-state index is 0.0640. The number of H-pyrrole nitrogens is 1. The van der Waals surface area contributed by atoms with Gasteiger partial charge in [-0.25, -0.2) is 0 Å². The molecule has 2 heterocycles. The lowest BCUT2D eigenvalue weighted by Gasteiger charge is -2.08. The van der Waals surface area contributed by atoms with Crippen molar-refractivity contribution in [2.24, 2.45) is 0 Å². The maximum Gasteiger partial charge on any atom is 0.244 e. The van der Waals surface area contributed by atoms with E-state index in [0.717, 1.165) is 16.6 Å². The first-order chi connectivity index (χ1) is 9.24. The fourth-order valence-corrected chi connectivity index (χ4v) is 2.22. The first-order valence-corrected chi connectivity index (χ1v) is 6.07. The molecule has 5 nitrogen and oxygen atoms in total. The number of para-hydroxylation sites is 1. The Kier molecular flexibility index (Phi) is 2.79. The van der Waals surface area contributed by atoms with E-state index < -0.39 is 0 Å². The molecule has 5 heteroatoms. The average Bonchev–Trinajstić information content (AvgIpc) is 2.99. The summed E-state index contributed by atoms with van der Waals surface area (Å²) in [5.74, 6) is -0.0640. The normalized spacial score (nSPS) is 10.8. The van der Waals surface area contributed by atoms with Gasteiger partial charge in [-0.2, -0.15) is 5.10 Å². The fraction of sp³-hybridized carbons (Fsp3) is 0.143. The molecule has 96 valence electrons. The van der Waals surface area contributed by atoms with E-state index in [2.05, 4.69) is 21.6 Å². The second-order valence-corrected chi connectivity index (χ2v) is 4.47. The van der Waals surface area contributed by atoms with Gasteiger partial charge in [0.1, 0.15) is 6.54 Å². The number of amides is 1. The van der Waals surface area contributed by atoms with Gasteiger partial charge in [-0.15, -0.1) is 0 Å². The van der Waals surface area contributed by atoms with Crippen LogP contribution in [0.5, 0.6) is 0 Å². The van der Waals surface area contributed by atoms with E-state index in [1.54, 1.807) is 12.4 Å². The summed E-state index contributed by atoms with van der Waals surface area (Å²) in [5.41, 5.74) is 2.82. The number of hydrogen-bond acceptors (Lipinski definition) is 2. The first-order valence-electron chi connectivity index (χ1n) is 6.07. The number of aryl methyl sites for hydroxylation is 1. The standard InChI is InChI=1S/C14H14N4O/c1-10-6-11-4-2-3-5-13(11)18(10)9-14(19)17-12-7-15-16-8-12/h2-8H,9H2,1H3,(H,15,16)(H,17,19). The van der Waals surface area contributed by atoms with Gasteiger partial charge in [-0.3, -0.25) is 9.89 Å². The minimum Gasteiger partial charge on any atom is -0.335 e. The van der Waals surface area contributed by atoms with Gasteiger partial charge in [-0.05, 0) is 24.4 Å². The van der Waals surface area contributed by atoms with Crippen LogP contribution in [0.25, 0.3) is 10.9 Å². The van der Waals surface area contributed by atoms with Crippen LogP contribution in [-0.2, 0) is 11.3 Å². The molecule has 1 amide bonds. The molecule has 1 aromatic carbocycles. The second-order valence-electron chi connectivity index (χ2n) is 4.47. The number of rotatable bonds is 3. The Morgan fingerprint density at radius 3 is 3.05 bits per heavy atom. The highest BCUT2D eigenvalue weighted by Crippen LogP contribution is 2.19. The lowest BCUT2D eigenvalue weighted by Crippen LogP contribution is -2.19. The molecule has 0 bridgehead atoms. The second kappa shape index (κ2) is 4.61. The molecular formula is C14H14N4O. The number of fused-ring (bicyclic) bond motifs is 1. The van der Waals surface area contributed by atoms with Gasteiger partial charge in [0.05, 0.1) is 11.9 Å². The number of aromatic amines is 1. The molecule has 0 atom stereocenters. The van der Waals surface area contributed by atoms with Gasteiger partial charge in [0.2, 0.25) is 5.91 Å². The fourth-order valence-electron chi connectivity index (χ4n) is 2.22. The lowest BCUT2D eigenvalue weighted by atomic mass is 10.2. The van der Waals surface area contributed by atoms with Crippen molar-refractivity contribution in [3.05, 3.63) is 48.4 Å². The molecule has 0 fully saturated rings. The van der Waals surface area contributed by atoms with E-state index in [1.807, 2.05) is 35.8 Å². The van der Waals surface area contributed by atoms with Crippen LogP contribution in [0.3, 0.4) is 0 Å². The summed E-state index contributed by atoms with van der Waals surface area (Å²) in [7, 11) is 0. The Morgan fingerprint density at radius 1 is 1.42 bits per heavy atom. The third-order valence-electron chi connectivity index (χ3n) is 3.10. The summed E-state index contributed by atoms with van der Waals surface area (Å²) >= 11 is 0. The third kappa shape index (κ3) is 2.22. The average molecular weight is 254 g/mol. The van der Waals surface area contributed by atoms with Crippen molar-refractivity contribution in [2.75, 3.05) is 5.32 Å². The molecule has 2 aromatic heterocycles. The molecule has 0 aliphatic carbocycles. The number of hydrogen-bond donors (Lipinski definition) is 2. The topological polar surface area (TPSA) is 62.7 Å². The Morgan fingerprint density at radius 2 is 2.26 bits per heavy atom. The predicted molar refractivity (Wildman–Crippen MR) is 73.9 cm³/mol. The van der Waals surface area contributed by atoms with Gasteiger partial charge in [0, 0.05) is 17.4 Å². The van der Waals surface area contributed by atoms with Crippen LogP contribution in [-0.4, -0.2) is 20.7 Å². The van der Waals surface area contributed by atoms with Crippen molar-refractivity contribution < 1.29 is 4.79 Å². The van der Waals surface area contributed by atoms with Crippen molar-refractivity contribution in [3.63, 3.8) is 0 Å². The molecule has 19 heavy (non-hydrogen) atoms. The zero-order valence-corrected chi connectivity index (χ0v) is 10.6. The van der Waals surface area contributed by atoms with Gasteiger partial charge < -0.3 is 9.88 Å². The summed E-state index contributed by atoms with van der Waals surface area (Å²) in [5, 5.41) is 10.4. The number of aromatic nitrogens is 3. The van der Waals surface area contributed by atoms with Crippen molar-refractivity contribution in [2.45, 2.75) is 13.5 Å². The molecular weight excluding hydrogens is 240 g/mol. The van der Waals surface area contributed by atoms with E-state index in [1.165, 1.54) is 0 Å². The third-order valence-corrected chi connectivity index (χ3v) is 3.10. The molecule has 2 N–H and O–H groups in total. The summed E-state index contributed by atoms with van der Waals surface area (Å²) in [6.07, 6.45) is 3.23. The number of nitrogens with zero attached hydrogens (tertiary/aromatic N) is 2. The number of anilines is 1. The molecule has 0 saturated carbocycles. The molecule has 3 aromatic rings. The van der Waals surface area contributed by atoms with Crippen LogP contribution < -0.4 is 5.32 Å². The first kappa shape index (κ1) is 11.5. The highest BCUT2D eigenvalue weighted by atomic mass is 16.1. The van der Waals surface area contributed by atoms with Crippen LogP contribution in [0.1, 0.15) is 5.69 Å². The minimum atomic E-state index is -0.0640. The van der Waals surface area contributed by atoms with Crippen LogP contribution in [0.15, 0.2) is 42.7 Å². The molecule has 0 radical (unpaired) electrons. The maximum absolute atomic E-state index is 12.0. The largest absolute Gasteiger partial charge is 0.335 e. The molecule has 3 rings (SSSR count). The molecule has 0 aliphatic rings. The molecule has 0 saturated heterocycles. The Hall–Kier alpha value is -2.56. The van der Waals surface area contributed by atoms with Crippen LogP contribution in [0, 0.1) is 6.92 Å². The zero-order chi connectivity index (χ0) is 13.2. The molecule has 0 spiro atoms. The Labute approximate surface area is 110 Å². The smallest absolute Gasteiger partial charge is 0.244 e. The summed E-state index contributed by atoms with van der Waals surface area (Å²) in [6.45, 7) is 2.30. The molecule has 0 unspecified atom stereocenters. The predicted octanol–water partition coefficient (Wildman–Crippen LogP) is 2.31. The summed E-state index contributed by atoms with van der Waals surface area (Å²) < 4.78 is 2.00. The Balaban J connectivity index is 1.85. The van der Waals surface area contributed by atoms with Crippen LogP contribution in [0.2, 0.25) is 0 Å². The van der Waals surface area contributed by atoms with E-state index in [9.17, 15) is 4.79 Å². The van der Waals surface area contributed by atoms with Crippen LogP contribution in [0.4, 0.5) is 5.69 Å². The van der Waals surface area contributed by atoms with Crippen molar-refractivity contribution in [3.8, 4) is 0 Å². The number of carbonyl (C=O) groups excluding carboxylic acids is 1. The van der Waals surface area contributed by atoms with E-state index >= 15 is 0 Å².